The molecule has 0 saturated heterocycles. The number of aromatic nitrogens is 3. The van der Waals surface area contributed by atoms with Gasteiger partial charge in [-0.3, -0.25) is 0 Å². The molecule has 0 radical (unpaired) electrons. The monoisotopic (exact) mass is 866 g/mol. The number of hydrogen-bond donors (Lipinski definition) is 0. The summed E-state index contributed by atoms with van der Waals surface area (Å²) in [6.07, 6.45) is 0. The smallest absolute Gasteiger partial charge is 0.164 e. The van der Waals surface area contributed by atoms with E-state index in [1.54, 1.807) is 0 Å². The molecular formula is C64H42N4. The third-order valence-corrected chi connectivity index (χ3v) is 13.8. The summed E-state index contributed by atoms with van der Waals surface area (Å²) in [5.41, 5.74) is 12.9. The van der Waals surface area contributed by atoms with Gasteiger partial charge in [-0.2, -0.15) is 0 Å². The van der Waals surface area contributed by atoms with Gasteiger partial charge >= 0.3 is 0 Å². The Morgan fingerprint density at radius 3 is 1.31 bits per heavy atom. The van der Waals surface area contributed by atoms with Crippen molar-refractivity contribution in [2.45, 2.75) is 5.41 Å². The molecular weight excluding hydrogens is 825 g/mol. The van der Waals surface area contributed by atoms with E-state index in [-0.39, 0.29) is 0 Å². The maximum absolute atomic E-state index is 5.21. The highest BCUT2D eigenvalue weighted by Crippen LogP contribution is 2.56. The SMILES string of the molecule is c1ccc(N(c2ccc(C3(c4ccc(-c5nc(-c6ccc7ccccc7c6)nc(-c6ccc7ccccc7c6)n5)cc4)c4ccccc4-c4ccccc43)cc2)c2cccc3ccccc23)cc1. The van der Waals surface area contributed by atoms with Gasteiger partial charge in [-0.05, 0) is 103 Å². The first kappa shape index (κ1) is 39.4. The lowest BCUT2D eigenvalue weighted by Crippen LogP contribution is -2.28. The van der Waals surface area contributed by atoms with Gasteiger partial charge in [0.15, 0.2) is 17.5 Å². The standard InChI is InChI=1S/C64H42N4/c1-2-21-53(22-3-1)68(60-28-14-20-45-17-8-9-23-55(45)60)54-39-37-52(38-40-54)64(58-26-12-10-24-56(58)57-25-11-13-27-59(57)64)51-35-33-46(34-36-51)61-65-62(49-31-29-43-15-4-6-18-47(43)41-49)67-63(66-61)50-32-30-44-16-5-7-19-48(44)42-50/h1-42H. The van der Waals surface area contributed by atoms with E-state index in [0.29, 0.717) is 17.5 Å². The molecule has 318 valence electrons. The average Bonchev–Trinajstić information content (AvgIpc) is 3.72. The summed E-state index contributed by atoms with van der Waals surface area (Å²) in [4.78, 5) is 17.9. The van der Waals surface area contributed by atoms with Crippen molar-refractivity contribution < 1.29 is 0 Å². The Morgan fingerprint density at radius 2 is 0.721 bits per heavy atom. The fourth-order valence-electron chi connectivity index (χ4n) is 10.6. The topological polar surface area (TPSA) is 41.9 Å². The van der Waals surface area contributed by atoms with Gasteiger partial charge in [-0.15, -0.1) is 0 Å². The molecule has 13 rings (SSSR count). The van der Waals surface area contributed by atoms with E-state index in [2.05, 4.69) is 260 Å². The first-order chi connectivity index (χ1) is 33.7. The molecule has 68 heavy (non-hydrogen) atoms. The zero-order valence-electron chi connectivity index (χ0n) is 37.0. The Labute approximate surface area is 395 Å². The van der Waals surface area contributed by atoms with Crippen LogP contribution in [0.2, 0.25) is 0 Å². The summed E-state index contributed by atoms with van der Waals surface area (Å²) in [5, 5.41) is 7.03. The molecule has 1 aromatic heterocycles. The molecule has 0 aliphatic heterocycles. The summed E-state index contributed by atoms with van der Waals surface area (Å²) in [7, 11) is 0. The van der Waals surface area contributed by atoms with Crippen LogP contribution in [-0.2, 0) is 5.41 Å². The Bertz CT molecular complexity index is 3710. The van der Waals surface area contributed by atoms with Crippen molar-refractivity contribution >= 4 is 49.4 Å². The molecule has 12 aromatic rings. The number of anilines is 3. The number of fused-ring (bicyclic) bond motifs is 6. The van der Waals surface area contributed by atoms with E-state index in [0.717, 1.165) is 44.5 Å². The highest BCUT2D eigenvalue weighted by atomic mass is 15.1. The fourth-order valence-corrected chi connectivity index (χ4v) is 10.6. The van der Waals surface area contributed by atoms with Gasteiger partial charge in [0.05, 0.1) is 11.1 Å². The number of hydrogen-bond acceptors (Lipinski definition) is 4. The lowest BCUT2D eigenvalue weighted by molar-refractivity contribution is 0.768. The van der Waals surface area contributed by atoms with Gasteiger partial charge in [0.2, 0.25) is 0 Å². The summed E-state index contributed by atoms with van der Waals surface area (Å²) >= 11 is 0. The molecule has 0 saturated carbocycles. The summed E-state index contributed by atoms with van der Waals surface area (Å²) in [6, 6.07) is 91.5. The zero-order valence-corrected chi connectivity index (χ0v) is 37.0. The summed E-state index contributed by atoms with van der Waals surface area (Å²) < 4.78 is 0. The first-order valence-corrected chi connectivity index (χ1v) is 23.2. The van der Waals surface area contributed by atoms with E-state index in [4.69, 9.17) is 15.0 Å². The molecule has 1 aliphatic rings. The molecule has 1 heterocycles. The van der Waals surface area contributed by atoms with Crippen LogP contribution >= 0.6 is 0 Å². The van der Waals surface area contributed by atoms with Crippen LogP contribution in [0.4, 0.5) is 17.1 Å². The van der Waals surface area contributed by atoms with Crippen LogP contribution in [-0.4, -0.2) is 15.0 Å². The van der Waals surface area contributed by atoms with Crippen molar-refractivity contribution in [3.8, 4) is 45.3 Å². The van der Waals surface area contributed by atoms with Crippen LogP contribution in [0.25, 0.3) is 77.6 Å². The maximum atomic E-state index is 5.21. The average molecular weight is 867 g/mol. The Morgan fingerprint density at radius 1 is 0.294 bits per heavy atom. The third-order valence-electron chi connectivity index (χ3n) is 13.8. The van der Waals surface area contributed by atoms with Crippen LogP contribution in [0.3, 0.4) is 0 Å². The van der Waals surface area contributed by atoms with Gasteiger partial charge in [0, 0.05) is 33.5 Å². The van der Waals surface area contributed by atoms with Crippen molar-refractivity contribution in [2.75, 3.05) is 4.90 Å². The maximum Gasteiger partial charge on any atom is 0.164 e. The van der Waals surface area contributed by atoms with Crippen LogP contribution in [0, 0.1) is 0 Å². The number of benzene rings is 11. The number of para-hydroxylation sites is 1. The quantitative estimate of drug-likeness (QED) is 0.153. The summed E-state index contributed by atoms with van der Waals surface area (Å²) in [6.45, 7) is 0. The van der Waals surface area contributed by atoms with Crippen LogP contribution < -0.4 is 4.90 Å². The molecule has 1 aliphatic carbocycles. The van der Waals surface area contributed by atoms with Crippen molar-refractivity contribution in [1.82, 2.24) is 15.0 Å². The highest BCUT2D eigenvalue weighted by Gasteiger charge is 2.46. The molecule has 0 bridgehead atoms. The van der Waals surface area contributed by atoms with E-state index >= 15 is 0 Å². The Hall–Kier alpha value is -8.99. The summed E-state index contributed by atoms with van der Waals surface area (Å²) in [5.74, 6) is 1.89. The molecule has 0 unspecified atom stereocenters. The van der Waals surface area contributed by atoms with Crippen LogP contribution in [0.15, 0.2) is 255 Å². The van der Waals surface area contributed by atoms with Gasteiger partial charge in [0.25, 0.3) is 0 Å². The molecule has 0 spiro atoms. The van der Waals surface area contributed by atoms with Gasteiger partial charge in [-0.1, -0.05) is 212 Å². The second-order valence-corrected chi connectivity index (χ2v) is 17.6. The zero-order chi connectivity index (χ0) is 45.0. The Balaban J connectivity index is 0.966. The molecule has 0 fully saturated rings. The van der Waals surface area contributed by atoms with E-state index < -0.39 is 5.41 Å². The third kappa shape index (κ3) is 6.49. The van der Waals surface area contributed by atoms with Crippen LogP contribution in [0.1, 0.15) is 22.3 Å². The van der Waals surface area contributed by atoms with Crippen molar-refractivity contribution in [2.24, 2.45) is 0 Å². The lowest BCUT2D eigenvalue weighted by Gasteiger charge is -2.34. The van der Waals surface area contributed by atoms with E-state index in [1.807, 2.05) is 0 Å². The van der Waals surface area contributed by atoms with Crippen molar-refractivity contribution in [1.29, 1.82) is 0 Å². The predicted octanol–water partition coefficient (Wildman–Crippen LogP) is 16.2. The Kier molecular flexibility index (Phi) is 9.36. The number of rotatable bonds is 8. The molecule has 4 nitrogen and oxygen atoms in total. The molecule has 0 N–H and O–H groups in total. The second-order valence-electron chi connectivity index (χ2n) is 17.6. The van der Waals surface area contributed by atoms with Gasteiger partial charge in [0.1, 0.15) is 0 Å². The molecule has 11 aromatic carbocycles. The van der Waals surface area contributed by atoms with E-state index in [1.165, 1.54) is 54.9 Å². The van der Waals surface area contributed by atoms with E-state index in [9.17, 15) is 0 Å². The van der Waals surface area contributed by atoms with Crippen LogP contribution in [0.5, 0.6) is 0 Å². The normalized spacial score (nSPS) is 12.5. The second kappa shape index (κ2) is 16.2. The fraction of sp³-hybridized carbons (Fsp3) is 0.0156. The lowest BCUT2D eigenvalue weighted by atomic mass is 9.67. The predicted molar refractivity (Wildman–Crippen MR) is 281 cm³/mol. The first-order valence-electron chi connectivity index (χ1n) is 23.2. The minimum Gasteiger partial charge on any atom is -0.310 e. The highest BCUT2D eigenvalue weighted by molar-refractivity contribution is 5.99. The molecule has 4 heteroatoms. The molecule has 0 amide bonds. The number of nitrogens with zero attached hydrogens (tertiary/aromatic N) is 4. The van der Waals surface area contributed by atoms with Crippen molar-refractivity contribution in [3.63, 3.8) is 0 Å². The minimum absolute atomic E-state index is 0.604. The largest absolute Gasteiger partial charge is 0.310 e. The van der Waals surface area contributed by atoms with Gasteiger partial charge in [-0.25, -0.2) is 15.0 Å². The van der Waals surface area contributed by atoms with Gasteiger partial charge < -0.3 is 4.90 Å². The minimum atomic E-state index is -0.604. The van der Waals surface area contributed by atoms with Crippen molar-refractivity contribution in [3.05, 3.63) is 277 Å². The molecule has 0 atom stereocenters.